The summed E-state index contributed by atoms with van der Waals surface area (Å²) < 4.78 is 4.54. The molecule has 0 atom stereocenters. The summed E-state index contributed by atoms with van der Waals surface area (Å²) in [6.45, 7) is 0.233. The average molecular weight is 309 g/mol. The number of hydrogen-bond acceptors (Lipinski definition) is 7. The Balaban J connectivity index is 0.00000324. The summed E-state index contributed by atoms with van der Waals surface area (Å²) in [5.41, 5.74) is 0. The molecule has 0 saturated carbocycles. The number of aromatic nitrogens is 2. The van der Waals surface area contributed by atoms with Crippen molar-refractivity contribution in [3.05, 3.63) is 5.01 Å². The molecular formula is C10H17ClN4O3S. The number of esters is 1. The van der Waals surface area contributed by atoms with Crippen molar-refractivity contribution in [3.63, 3.8) is 0 Å². The van der Waals surface area contributed by atoms with Crippen molar-refractivity contribution in [3.8, 4) is 0 Å². The summed E-state index contributed by atoms with van der Waals surface area (Å²) in [6.07, 6.45) is 1.66. The van der Waals surface area contributed by atoms with E-state index in [0.717, 1.165) is 5.01 Å². The molecule has 19 heavy (non-hydrogen) atoms. The van der Waals surface area contributed by atoms with E-state index < -0.39 is 0 Å². The number of amides is 1. The normalized spacial score (nSPS) is 9.58. The highest BCUT2D eigenvalue weighted by molar-refractivity contribution is 7.15. The van der Waals surface area contributed by atoms with Gasteiger partial charge in [0.25, 0.3) is 0 Å². The van der Waals surface area contributed by atoms with Crippen LogP contribution in [0.4, 0.5) is 5.13 Å². The fraction of sp³-hybridized carbons (Fsp3) is 0.600. The van der Waals surface area contributed by atoms with Crippen molar-refractivity contribution in [1.82, 2.24) is 15.5 Å². The van der Waals surface area contributed by atoms with Crippen LogP contribution in [0.1, 0.15) is 17.8 Å². The molecule has 1 rings (SSSR count). The minimum atomic E-state index is -0.234. The summed E-state index contributed by atoms with van der Waals surface area (Å²) >= 11 is 1.31. The van der Waals surface area contributed by atoms with E-state index in [1.165, 1.54) is 18.4 Å². The van der Waals surface area contributed by atoms with Gasteiger partial charge >= 0.3 is 5.97 Å². The van der Waals surface area contributed by atoms with Crippen LogP contribution in [0, 0.1) is 0 Å². The predicted molar refractivity (Wildman–Crippen MR) is 74.7 cm³/mol. The Kier molecular flexibility index (Phi) is 9.02. The summed E-state index contributed by atoms with van der Waals surface area (Å²) in [5, 5.41) is 14.4. The lowest BCUT2D eigenvalue weighted by atomic mass is 10.2. The van der Waals surface area contributed by atoms with Crippen LogP contribution in [0.15, 0.2) is 0 Å². The van der Waals surface area contributed by atoms with Crippen LogP contribution >= 0.6 is 23.7 Å². The molecule has 0 radical (unpaired) electrons. The Morgan fingerprint density at radius 1 is 1.37 bits per heavy atom. The Hall–Kier alpha value is -1.25. The largest absolute Gasteiger partial charge is 0.469 e. The van der Waals surface area contributed by atoms with Crippen molar-refractivity contribution >= 4 is 40.8 Å². The Morgan fingerprint density at radius 3 is 2.74 bits per heavy atom. The topological polar surface area (TPSA) is 93.2 Å². The number of halogens is 1. The fourth-order valence-corrected chi connectivity index (χ4v) is 2.01. The standard InChI is InChI=1S/C10H16N4O3S.ClH/c1-11-6-7(15)12-10-14-13-8(18-10)4-3-5-9(16)17-2;/h11H,3-6H2,1-2H3,(H,12,14,15);1H. The molecule has 0 aromatic carbocycles. The van der Waals surface area contributed by atoms with Gasteiger partial charge in [-0.3, -0.25) is 14.9 Å². The van der Waals surface area contributed by atoms with Crippen LogP contribution in [0.2, 0.25) is 0 Å². The SMILES string of the molecule is CNCC(=O)Nc1nnc(CCCC(=O)OC)s1.Cl. The number of nitrogens with zero attached hydrogens (tertiary/aromatic N) is 2. The molecular weight excluding hydrogens is 292 g/mol. The number of carbonyl (C=O) groups is 2. The highest BCUT2D eigenvalue weighted by Gasteiger charge is 2.08. The van der Waals surface area contributed by atoms with Gasteiger partial charge in [-0.1, -0.05) is 11.3 Å². The van der Waals surface area contributed by atoms with Gasteiger partial charge < -0.3 is 10.1 Å². The van der Waals surface area contributed by atoms with Gasteiger partial charge in [-0.05, 0) is 13.5 Å². The van der Waals surface area contributed by atoms with Gasteiger partial charge in [0.15, 0.2) is 0 Å². The maximum atomic E-state index is 11.3. The van der Waals surface area contributed by atoms with Gasteiger partial charge in [0.05, 0.1) is 13.7 Å². The second-order valence-corrected chi connectivity index (χ2v) is 4.57. The summed E-state index contributed by atoms with van der Waals surface area (Å²) in [6, 6.07) is 0. The Bertz CT molecular complexity index is 413. The maximum Gasteiger partial charge on any atom is 0.305 e. The number of nitrogens with one attached hydrogen (secondary N) is 2. The first kappa shape index (κ1) is 17.8. The molecule has 0 unspecified atom stereocenters. The number of aryl methyl sites for hydroxylation is 1. The maximum absolute atomic E-state index is 11.3. The van der Waals surface area contributed by atoms with E-state index in [2.05, 4.69) is 25.6 Å². The number of likely N-dealkylation sites (N-methyl/N-ethyl adjacent to an activating group) is 1. The zero-order valence-electron chi connectivity index (χ0n) is 10.8. The minimum absolute atomic E-state index is 0. The van der Waals surface area contributed by atoms with Crippen molar-refractivity contribution in [2.45, 2.75) is 19.3 Å². The molecule has 1 heterocycles. The van der Waals surface area contributed by atoms with Crippen LogP contribution in [-0.2, 0) is 20.7 Å². The van der Waals surface area contributed by atoms with Gasteiger partial charge in [0.1, 0.15) is 5.01 Å². The van der Waals surface area contributed by atoms with E-state index >= 15 is 0 Å². The van der Waals surface area contributed by atoms with Crippen LogP contribution in [0.3, 0.4) is 0 Å². The third kappa shape index (κ3) is 7.04. The molecule has 0 spiro atoms. The first-order chi connectivity index (χ1) is 8.65. The number of rotatable bonds is 7. The molecule has 1 aromatic heterocycles. The molecule has 1 aromatic rings. The predicted octanol–water partition coefficient (Wildman–Crippen LogP) is 0.613. The number of anilines is 1. The van der Waals surface area contributed by atoms with Crippen molar-refractivity contribution < 1.29 is 14.3 Å². The van der Waals surface area contributed by atoms with Crippen LogP contribution < -0.4 is 10.6 Å². The van der Waals surface area contributed by atoms with Crippen LogP contribution in [-0.4, -0.2) is 42.8 Å². The number of hydrogen-bond donors (Lipinski definition) is 2. The Morgan fingerprint density at radius 2 is 2.11 bits per heavy atom. The molecule has 9 heteroatoms. The smallest absolute Gasteiger partial charge is 0.305 e. The lowest BCUT2D eigenvalue weighted by Gasteiger charge is -1.98. The third-order valence-corrected chi connectivity index (χ3v) is 2.95. The van der Waals surface area contributed by atoms with Gasteiger partial charge in [-0.2, -0.15) is 0 Å². The molecule has 0 aliphatic carbocycles. The number of methoxy groups -OCH3 is 1. The van der Waals surface area contributed by atoms with E-state index in [4.69, 9.17) is 0 Å². The van der Waals surface area contributed by atoms with Crippen LogP contribution in [0.5, 0.6) is 0 Å². The third-order valence-electron chi connectivity index (χ3n) is 2.05. The molecule has 2 N–H and O–H groups in total. The molecule has 1 amide bonds. The molecule has 0 aliphatic rings. The van der Waals surface area contributed by atoms with E-state index in [1.54, 1.807) is 7.05 Å². The van der Waals surface area contributed by atoms with Crippen molar-refractivity contribution in [2.24, 2.45) is 0 Å². The minimum Gasteiger partial charge on any atom is -0.469 e. The van der Waals surface area contributed by atoms with Gasteiger partial charge in [0.2, 0.25) is 11.0 Å². The first-order valence-corrected chi connectivity index (χ1v) is 6.31. The fourth-order valence-electron chi connectivity index (χ4n) is 1.22. The highest BCUT2D eigenvalue weighted by atomic mass is 35.5. The molecule has 0 aliphatic heterocycles. The van der Waals surface area contributed by atoms with Gasteiger partial charge in [0, 0.05) is 12.8 Å². The van der Waals surface area contributed by atoms with E-state index in [0.29, 0.717) is 24.4 Å². The first-order valence-electron chi connectivity index (χ1n) is 5.49. The zero-order valence-corrected chi connectivity index (χ0v) is 12.4. The summed E-state index contributed by atoms with van der Waals surface area (Å²) in [5.74, 6) is -0.392. The second kappa shape index (κ2) is 9.65. The van der Waals surface area contributed by atoms with Crippen molar-refractivity contribution in [2.75, 3.05) is 26.0 Å². The number of carbonyl (C=O) groups excluding carboxylic acids is 2. The van der Waals surface area contributed by atoms with E-state index in [-0.39, 0.29) is 30.8 Å². The van der Waals surface area contributed by atoms with E-state index in [1.807, 2.05) is 0 Å². The summed E-state index contributed by atoms with van der Waals surface area (Å²) in [4.78, 5) is 22.2. The molecule has 7 nitrogen and oxygen atoms in total. The molecule has 108 valence electrons. The lowest BCUT2D eigenvalue weighted by Crippen LogP contribution is -2.24. The number of ether oxygens (including phenoxy) is 1. The second-order valence-electron chi connectivity index (χ2n) is 3.51. The monoisotopic (exact) mass is 308 g/mol. The average Bonchev–Trinajstić information content (AvgIpc) is 2.76. The van der Waals surface area contributed by atoms with Crippen LogP contribution in [0.25, 0.3) is 0 Å². The quantitative estimate of drug-likeness (QED) is 0.717. The van der Waals surface area contributed by atoms with Crippen molar-refractivity contribution in [1.29, 1.82) is 0 Å². The lowest BCUT2D eigenvalue weighted by molar-refractivity contribution is -0.140. The van der Waals surface area contributed by atoms with Gasteiger partial charge in [-0.15, -0.1) is 22.6 Å². The molecule has 0 saturated heterocycles. The molecule has 0 fully saturated rings. The highest BCUT2D eigenvalue weighted by Crippen LogP contribution is 2.16. The zero-order chi connectivity index (χ0) is 13.4. The molecule has 0 bridgehead atoms. The van der Waals surface area contributed by atoms with Gasteiger partial charge in [-0.25, -0.2) is 0 Å². The van der Waals surface area contributed by atoms with E-state index in [9.17, 15) is 9.59 Å². The Labute approximate surface area is 121 Å². The summed E-state index contributed by atoms with van der Waals surface area (Å²) in [7, 11) is 3.06.